The molecule has 0 fully saturated rings. The fraction of sp³-hybridized carbons (Fsp3) is 0.267. The average Bonchev–Trinajstić information content (AvgIpc) is 3.62. The summed E-state index contributed by atoms with van der Waals surface area (Å²) in [5, 5.41) is 0. The van der Waals surface area contributed by atoms with Gasteiger partial charge in [0.05, 0.1) is 35.2 Å². The van der Waals surface area contributed by atoms with Gasteiger partial charge in [0.25, 0.3) is 0 Å². The molecule has 8 heteroatoms. The summed E-state index contributed by atoms with van der Waals surface area (Å²) >= 11 is 0. The van der Waals surface area contributed by atoms with E-state index in [2.05, 4.69) is 48.2 Å². The van der Waals surface area contributed by atoms with Gasteiger partial charge in [-0.3, -0.25) is 9.97 Å². The van der Waals surface area contributed by atoms with E-state index in [0.29, 0.717) is 0 Å². The molecule has 0 N–H and O–H groups in total. The molecule has 6 rings (SSSR count). The van der Waals surface area contributed by atoms with Gasteiger partial charge in [0.15, 0.2) is 23.0 Å². The molecule has 0 saturated heterocycles. The van der Waals surface area contributed by atoms with Crippen LogP contribution in [0.5, 0.6) is 23.0 Å². The van der Waals surface area contributed by atoms with Crippen molar-refractivity contribution in [1.82, 2.24) is 9.97 Å². The van der Waals surface area contributed by atoms with Crippen molar-refractivity contribution in [2.45, 2.75) is 13.8 Å². The molecule has 194 valence electrons. The van der Waals surface area contributed by atoms with Gasteiger partial charge in [0.1, 0.15) is 0 Å². The molecule has 0 aliphatic carbocycles. The maximum atomic E-state index is 5.57. The highest BCUT2D eigenvalue weighted by molar-refractivity contribution is 5.69. The quantitative estimate of drug-likeness (QED) is 0.325. The molecule has 2 aliphatic heterocycles. The van der Waals surface area contributed by atoms with E-state index in [1.165, 1.54) is 0 Å². The summed E-state index contributed by atoms with van der Waals surface area (Å²) in [6.45, 7) is 6.26. The lowest BCUT2D eigenvalue weighted by atomic mass is 10.1. The van der Waals surface area contributed by atoms with Crippen molar-refractivity contribution in [1.29, 1.82) is 0 Å². The van der Waals surface area contributed by atoms with Gasteiger partial charge in [-0.1, -0.05) is 0 Å². The minimum Gasteiger partial charge on any atom is -0.454 e. The lowest BCUT2D eigenvalue weighted by Crippen LogP contribution is -2.30. The molecular formula is C30H30N4O4. The molecule has 8 nitrogen and oxygen atoms in total. The summed E-state index contributed by atoms with van der Waals surface area (Å²) in [6.07, 6.45) is 3.83. The molecule has 0 spiro atoms. The minimum atomic E-state index is 0.269. The van der Waals surface area contributed by atoms with Crippen LogP contribution in [-0.2, 0) is 0 Å². The van der Waals surface area contributed by atoms with Gasteiger partial charge in [0.2, 0.25) is 13.6 Å². The molecule has 0 unspecified atom stereocenters. The van der Waals surface area contributed by atoms with Gasteiger partial charge in [-0.15, -0.1) is 0 Å². The topological polar surface area (TPSA) is 69.2 Å². The fourth-order valence-corrected chi connectivity index (χ4v) is 4.79. The number of benzene rings is 2. The molecule has 4 aromatic rings. The highest BCUT2D eigenvalue weighted by atomic mass is 16.7. The van der Waals surface area contributed by atoms with Crippen LogP contribution < -0.4 is 28.7 Å². The van der Waals surface area contributed by atoms with Gasteiger partial charge in [-0.05, 0) is 73.5 Å². The van der Waals surface area contributed by atoms with Crippen molar-refractivity contribution < 1.29 is 18.9 Å². The third kappa shape index (κ3) is 4.53. The van der Waals surface area contributed by atoms with E-state index < -0.39 is 0 Å². The number of hydrogen-bond acceptors (Lipinski definition) is 8. The second-order valence-electron chi connectivity index (χ2n) is 9.70. The number of aryl methyl sites for hydroxylation is 2. The summed E-state index contributed by atoms with van der Waals surface area (Å²) in [6, 6.07) is 16.5. The Morgan fingerprint density at radius 2 is 1.08 bits per heavy atom. The monoisotopic (exact) mass is 510 g/mol. The second-order valence-corrected chi connectivity index (χ2v) is 9.70. The Kier molecular flexibility index (Phi) is 6.15. The number of likely N-dealkylation sites (N-methyl/N-ethyl adjacent to an activating group) is 2. The van der Waals surface area contributed by atoms with E-state index in [4.69, 9.17) is 28.9 Å². The zero-order valence-electron chi connectivity index (χ0n) is 22.0. The molecule has 38 heavy (non-hydrogen) atoms. The maximum Gasteiger partial charge on any atom is 0.231 e. The van der Waals surface area contributed by atoms with Gasteiger partial charge in [-0.25, -0.2) is 0 Å². The summed E-state index contributed by atoms with van der Waals surface area (Å²) < 4.78 is 22.2. The van der Waals surface area contributed by atoms with Crippen LogP contribution in [0.2, 0.25) is 0 Å². The maximum absolute atomic E-state index is 5.57. The third-order valence-corrected chi connectivity index (χ3v) is 7.06. The van der Waals surface area contributed by atoms with Gasteiger partial charge >= 0.3 is 0 Å². The molecule has 4 heterocycles. The van der Waals surface area contributed by atoms with Crippen LogP contribution in [0.4, 0.5) is 11.4 Å². The van der Waals surface area contributed by atoms with Crippen molar-refractivity contribution in [3.05, 3.63) is 72.1 Å². The molecular weight excluding hydrogens is 480 g/mol. The Labute approximate surface area is 222 Å². The number of pyridine rings is 2. The summed E-state index contributed by atoms with van der Waals surface area (Å²) in [4.78, 5) is 13.8. The van der Waals surface area contributed by atoms with Crippen LogP contribution in [-0.4, -0.2) is 50.7 Å². The van der Waals surface area contributed by atoms with Crippen LogP contribution in [0.1, 0.15) is 11.1 Å². The van der Waals surface area contributed by atoms with Crippen LogP contribution in [0.3, 0.4) is 0 Å². The normalized spacial score (nSPS) is 13.1. The van der Waals surface area contributed by atoms with Gasteiger partial charge in [0, 0.05) is 38.3 Å². The Morgan fingerprint density at radius 3 is 1.47 bits per heavy atom. The molecule has 0 radical (unpaired) electrons. The Morgan fingerprint density at radius 1 is 0.632 bits per heavy atom. The van der Waals surface area contributed by atoms with E-state index in [-0.39, 0.29) is 13.6 Å². The van der Waals surface area contributed by atoms with E-state index in [0.717, 1.165) is 81.1 Å². The number of rotatable bonds is 7. The lowest BCUT2D eigenvalue weighted by Gasteiger charge is -2.25. The zero-order chi connectivity index (χ0) is 26.2. The number of nitrogens with zero attached hydrogens (tertiary/aromatic N) is 4. The molecule has 0 amide bonds. The van der Waals surface area contributed by atoms with E-state index in [9.17, 15) is 0 Å². The summed E-state index contributed by atoms with van der Waals surface area (Å²) in [5.74, 6) is 3.20. The predicted molar refractivity (Wildman–Crippen MR) is 148 cm³/mol. The smallest absolute Gasteiger partial charge is 0.231 e. The second kappa shape index (κ2) is 9.78. The third-order valence-electron chi connectivity index (χ3n) is 7.06. The van der Waals surface area contributed by atoms with Crippen LogP contribution >= 0.6 is 0 Å². The van der Waals surface area contributed by atoms with E-state index >= 15 is 0 Å². The molecule has 2 aromatic carbocycles. The van der Waals surface area contributed by atoms with Crippen molar-refractivity contribution >= 4 is 11.4 Å². The van der Waals surface area contributed by atoms with Crippen molar-refractivity contribution in [2.24, 2.45) is 0 Å². The molecule has 2 aromatic heterocycles. The largest absolute Gasteiger partial charge is 0.454 e. The number of fused-ring (bicyclic) bond motifs is 2. The first-order chi connectivity index (χ1) is 18.5. The SMILES string of the molecule is Cc1cc(-c2ccc(N(C)CCN(C)c3ccc(-c4cc(C)c5c(c4)OCO5)nc3)cn2)cc2c1OCO2. The molecule has 2 aliphatic rings. The Bertz CT molecular complexity index is 1360. The summed E-state index contributed by atoms with van der Waals surface area (Å²) in [7, 11) is 4.16. The van der Waals surface area contributed by atoms with E-state index in [1.54, 1.807) is 0 Å². The van der Waals surface area contributed by atoms with Crippen molar-refractivity contribution in [3.63, 3.8) is 0 Å². The zero-order valence-corrected chi connectivity index (χ0v) is 22.0. The lowest BCUT2D eigenvalue weighted by molar-refractivity contribution is 0.173. The highest BCUT2D eigenvalue weighted by Crippen LogP contribution is 2.40. The Balaban J connectivity index is 1.08. The van der Waals surface area contributed by atoms with Crippen molar-refractivity contribution in [3.8, 4) is 45.5 Å². The first-order valence-electron chi connectivity index (χ1n) is 12.6. The van der Waals surface area contributed by atoms with E-state index in [1.807, 2.05) is 50.5 Å². The highest BCUT2D eigenvalue weighted by Gasteiger charge is 2.19. The van der Waals surface area contributed by atoms with Crippen LogP contribution in [0.25, 0.3) is 22.5 Å². The number of ether oxygens (including phenoxy) is 4. The Hall–Kier alpha value is -4.46. The van der Waals surface area contributed by atoms with Crippen molar-refractivity contribution in [2.75, 3.05) is 50.6 Å². The number of aromatic nitrogens is 2. The summed E-state index contributed by atoms with van der Waals surface area (Å²) in [5.41, 5.74) is 8.08. The molecule has 0 saturated carbocycles. The van der Waals surface area contributed by atoms with Crippen LogP contribution in [0.15, 0.2) is 60.9 Å². The molecule has 0 bridgehead atoms. The molecule has 0 atom stereocenters. The first kappa shape index (κ1) is 23.9. The number of anilines is 2. The van der Waals surface area contributed by atoms with Gasteiger partial charge < -0.3 is 28.7 Å². The van der Waals surface area contributed by atoms with Crippen LogP contribution in [0, 0.1) is 13.8 Å². The average molecular weight is 511 g/mol. The number of hydrogen-bond donors (Lipinski definition) is 0. The minimum absolute atomic E-state index is 0.269. The standard InChI is InChI=1S/C30H30N4O4/c1-19-11-21(13-27-29(19)37-17-35-27)25-7-5-23(15-31-25)33(3)9-10-34(4)24-6-8-26(32-16-24)22-12-20(2)30-28(14-22)36-18-38-30/h5-8,11-16H,9-10,17-18H2,1-4H3. The first-order valence-corrected chi connectivity index (χ1v) is 12.6. The predicted octanol–water partition coefficient (Wildman–Crippen LogP) is 5.46. The fourth-order valence-electron chi connectivity index (χ4n) is 4.79. The van der Waals surface area contributed by atoms with Gasteiger partial charge in [-0.2, -0.15) is 0 Å².